The molecule has 0 spiro atoms. The summed E-state index contributed by atoms with van der Waals surface area (Å²) >= 11 is 0. The Hall–Kier alpha value is -1.48. The van der Waals surface area contributed by atoms with Crippen molar-refractivity contribution < 1.29 is 5.11 Å². The van der Waals surface area contributed by atoms with Crippen LogP contribution >= 0.6 is 0 Å². The number of fused-ring (bicyclic) bond motifs is 1. The van der Waals surface area contributed by atoms with E-state index >= 15 is 0 Å². The number of rotatable bonds is 3. The molecule has 0 saturated heterocycles. The summed E-state index contributed by atoms with van der Waals surface area (Å²) in [6, 6.07) is 8.16. The molecule has 0 fully saturated rings. The summed E-state index contributed by atoms with van der Waals surface area (Å²) in [5.74, 6) is 0.328. The molecule has 1 aromatic heterocycles. The molecule has 0 aliphatic rings. The molecule has 0 aliphatic carbocycles. The second-order valence-corrected chi connectivity index (χ2v) is 5.08. The average molecular weight is 232 g/mol. The molecule has 3 nitrogen and oxygen atoms in total. The van der Waals surface area contributed by atoms with E-state index in [4.69, 9.17) is 0 Å². The summed E-state index contributed by atoms with van der Waals surface area (Å²) in [6.07, 6.45) is 0. The van der Waals surface area contributed by atoms with Gasteiger partial charge in [-0.1, -0.05) is 0 Å². The zero-order valence-corrected chi connectivity index (χ0v) is 10.9. The van der Waals surface area contributed by atoms with Crippen LogP contribution < -0.4 is 0 Å². The molecule has 1 N–H and O–H groups in total. The van der Waals surface area contributed by atoms with Crippen molar-refractivity contribution in [1.82, 2.24) is 9.47 Å². The lowest BCUT2D eigenvalue weighted by atomic mass is 10.2. The Bertz CT molecular complexity index is 526. The van der Waals surface area contributed by atoms with Crippen molar-refractivity contribution in [3.05, 3.63) is 30.0 Å². The molecule has 2 aromatic rings. The van der Waals surface area contributed by atoms with E-state index in [1.807, 2.05) is 12.1 Å². The molecular weight excluding hydrogens is 212 g/mol. The molecular formula is C14H20N2O. The van der Waals surface area contributed by atoms with Crippen LogP contribution in [-0.2, 0) is 6.54 Å². The van der Waals surface area contributed by atoms with Gasteiger partial charge in [-0.2, -0.15) is 0 Å². The van der Waals surface area contributed by atoms with Gasteiger partial charge in [0.25, 0.3) is 0 Å². The van der Waals surface area contributed by atoms with E-state index < -0.39 is 0 Å². The summed E-state index contributed by atoms with van der Waals surface area (Å²) in [5.41, 5.74) is 2.39. The van der Waals surface area contributed by atoms with E-state index in [0.29, 0.717) is 11.8 Å². The molecule has 1 heterocycles. The summed E-state index contributed by atoms with van der Waals surface area (Å²) in [5, 5.41) is 10.8. The Morgan fingerprint density at radius 3 is 2.53 bits per heavy atom. The minimum absolute atomic E-state index is 0.328. The topological polar surface area (TPSA) is 28.4 Å². The van der Waals surface area contributed by atoms with Gasteiger partial charge in [-0.3, -0.25) is 0 Å². The van der Waals surface area contributed by atoms with Crippen LogP contribution in [0.25, 0.3) is 10.9 Å². The largest absolute Gasteiger partial charge is 0.508 e. The Balaban J connectivity index is 2.63. The first kappa shape index (κ1) is 12.0. The molecule has 0 unspecified atom stereocenters. The summed E-state index contributed by atoms with van der Waals surface area (Å²) < 4.78 is 2.29. The molecule has 3 heteroatoms. The summed E-state index contributed by atoms with van der Waals surface area (Å²) in [4.78, 5) is 2.16. The van der Waals surface area contributed by atoms with Gasteiger partial charge in [0.2, 0.25) is 0 Å². The molecule has 2 rings (SSSR count). The lowest BCUT2D eigenvalue weighted by Gasteiger charge is -2.17. The Morgan fingerprint density at radius 1 is 1.24 bits per heavy atom. The first-order valence-corrected chi connectivity index (χ1v) is 5.96. The fraction of sp³-hybridized carbons (Fsp3) is 0.429. The first-order valence-electron chi connectivity index (χ1n) is 5.96. The molecule has 0 aliphatic heterocycles. The minimum Gasteiger partial charge on any atom is -0.508 e. The quantitative estimate of drug-likeness (QED) is 0.881. The van der Waals surface area contributed by atoms with Gasteiger partial charge in [-0.25, -0.2) is 0 Å². The van der Waals surface area contributed by atoms with Crippen LogP contribution in [0.2, 0.25) is 0 Å². The molecule has 92 valence electrons. The van der Waals surface area contributed by atoms with Gasteiger partial charge in [-0.15, -0.1) is 0 Å². The van der Waals surface area contributed by atoms with Gasteiger partial charge in [0.1, 0.15) is 5.75 Å². The molecule has 0 saturated carbocycles. The maximum Gasteiger partial charge on any atom is 0.117 e. The lowest BCUT2D eigenvalue weighted by Crippen LogP contribution is -2.15. The molecule has 0 amide bonds. The van der Waals surface area contributed by atoms with Crippen molar-refractivity contribution in [2.45, 2.75) is 26.4 Å². The highest BCUT2D eigenvalue weighted by atomic mass is 16.3. The number of aromatic hydroxyl groups is 1. The Morgan fingerprint density at radius 2 is 1.94 bits per heavy atom. The van der Waals surface area contributed by atoms with Crippen LogP contribution in [0.3, 0.4) is 0 Å². The van der Waals surface area contributed by atoms with Gasteiger partial charge in [-0.05, 0) is 46.1 Å². The standard InChI is InChI=1S/C14H20N2O/c1-10(2)16-12(9-15(3)4)7-11-5-6-13(17)8-14(11)16/h5-8,10,17H,9H2,1-4H3. The molecule has 1 aromatic carbocycles. The zero-order chi connectivity index (χ0) is 12.6. The van der Waals surface area contributed by atoms with Gasteiger partial charge >= 0.3 is 0 Å². The normalized spacial score (nSPS) is 11.9. The van der Waals surface area contributed by atoms with Crippen molar-refractivity contribution in [2.24, 2.45) is 0 Å². The second-order valence-electron chi connectivity index (χ2n) is 5.08. The number of phenolic OH excluding ortho intramolecular Hbond substituents is 1. The Labute approximate surface area is 102 Å². The number of hydrogen-bond acceptors (Lipinski definition) is 2. The third-order valence-electron chi connectivity index (χ3n) is 2.90. The van der Waals surface area contributed by atoms with E-state index in [9.17, 15) is 5.11 Å². The highest BCUT2D eigenvalue weighted by Gasteiger charge is 2.12. The minimum atomic E-state index is 0.328. The molecule has 0 bridgehead atoms. The Kier molecular flexibility index (Phi) is 3.11. The summed E-state index contributed by atoms with van der Waals surface area (Å²) in [6.45, 7) is 5.25. The monoisotopic (exact) mass is 232 g/mol. The molecule has 0 atom stereocenters. The van der Waals surface area contributed by atoms with Crippen LogP contribution in [0.15, 0.2) is 24.3 Å². The SMILES string of the molecule is CC(C)n1c(CN(C)C)cc2ccc(O)cc21. The first-order chi connectivity index (χ1) is 7.99. The number of hydrogen-bond donors (Lipinski definition) is 1. The van der Waals surface area contributed by atoms with Crippen LogP contribution in [0.1, 0.15) is 25.6 Å². The average Bonchev–Trinajstić information content (AvgIpc) is 2.53. The van der Waals surface area contributed by atoms with E-state index in [1.54, 1.807) is 6.07 Å². The number of nitrogens with zero attached hydrogens (tertiary/aromatic N) is 2. The predicted molar refractivity (Wildman–Crippen MR) is 71.4 cm³/mol. The lowest BCUT2D eigenvalue weighted by molar-refractivity contribution is 0.383. The maximum absolute atomic E-state index is 9.60. The third kappa shape index (κ3) is 2.29. The van der Waals surface area contributed by atoms with Gasteiger partial charge in [0.05, 0.1) is 5.52 Å². The third-order valence-corrected chi connectivity index (χ3v) is 2.90. The fourth-order valence-corrected chi connectivity index (χ4v) is 2.32. The van der Waals surface area contributed by atoms with Crippen molar-refractivity contribution in [3.63, 3.8) is 0 Å². The van der Waals surface area contributed by atoms with E-state index in [-0.39, 0.29) is 0 Å². The van der Waals surface area contributed by atoms with Crippen LogP contribution in [0.4, 0.5) is 0 Å². The second kappa shape index (κ2) is 4.41. The highest BCUT2D eigenvalue weighted by molar-refractivity contribution is 5.82. The summed E-state index contributed by atoms with van der Waals surface area (Å²) in [7, 11) is 4.14. The van der Waals surface area contributed by atoms with E-state index in [2.05, 4.69) is 43.5 Å². The molecule has 0 radical (unpaired) electrons. The van der Waals surface area contributed by atoms with Gasteiger partial charge in [0, 0.05) is 29.7 Å². The molecule has 17 heavy (non-hydrogen) atoms. The maximum atomic E-state index is 9.60. The number of aromatic nitrogens is 1. The predicted octanol–water partition coefficient (Wildman–Crippen LogP) is 2.99. The smallest absolute Gasteiger partial charge is 0.117 e. The van der Waals surface area contributed by atoms with Crippen molar-refractivity contribution >= 4 is 10.9 Å². The number of benzene rings is 1. The van der Waals surface area contributed by atoms with Crippen LogP contribution in [-0.4, -0.2) is 28.7 Å². The zero-order valence-electron chi connectivity index (χ0n) is 10.9. The van der Waals surface area contributed by atoms with E-state index in [0.717, 1.165) is 12.1 Å². The van der Waals surface area contributed by atoms with Crippen molar-refractivity contribution in [1.29, 1.82) is 0 Å². The van der Waals surface area contributed by atoms with E-state index in [1.165, 1.54) is 11.1 Å². The van der Waals surface area contributed by atoms with Gasteiger partial charge in [0.15, 0.2) is 0 Å². The van der Waals surface area contributed by atoms with Crippen molar-refractivity contribution in [3.8, 4) is 5.75 Å². The number of phenols is 1. The van der Waals surface area contributed by atoms with Crippen molar-refractivity contribution in [2.75, 3.05) is 14.1 Å². The van der Waals surface area contributed by atoms with Crippen LogP contribution in [0, 0.1) is 0 Å². The van der Waals surface area contributed by atoms with Crippen LogP contribution in [0.5, 0.6) is 5.75 Å². The van der Waals surface area contributed by atoms with Gasteiger partial charge < -0.3 is 14.6 Å². The fourth-order valence-electron chi connectivity index (χ4n) is 2.32. The highest BCUT2D eigenvalue weighted by Crippen LogP contribution is 2.27.